The van der Waals surface area contributed by atoms with E-state index in [2.05, 4.69) is 20.4 Å². The lowest BCUT2D eigenvalue weighted by molar-refractivity contribution is -0.130. The van der Waals surface area contributed by atoms with Crippen LogP contribution in [0, 0.1) is 0 Å². The largest absolute Gasteiger partial charge is 0.376 e. The van der Waals surface area contributed by atoms with Gasteiger partial charge in [-0.2, -0.15) is 5.10 Å². The van der Waals surface area contributed by atoms with Gasteiger partial charge in [0.15, 0.2) is 5.82 Å². The maximum Gasteiger partial charge on any atom is 0.253 e. The molecule has 8 nitrogen and oxygen atoms in total. The number of carbonyl (C=O) groups excluding carboxylic acids is 1. The third-order valence-corrected chi connectivity index (χ3v) is 3.84. The fourth-order valence-corrected chi connectivity index (χ4v) is 2.43. The zero-order valence-electron chi connectivity index (χ0n) is 13.6. The molecule has 1 aliphatic heterocycles. The van der Waals surface area contributed by atoms with Gasteiger partial charge >= 0.3 is 0 Å². The van der Waals surface area contributed by atoms with Crippen molar-refractivity contribution in [3.63, 3.8) is 0 Å². The molecule has 1 fully saturated rings. The molecule has 128 valence electrons. The average Bonchev–Trinajstić information content (AvgIpc) is 3.16. The Bertz CT molecular complexity index is 638. The third kappa shape index (κ3) is 4.36. The minimum Gasteiger partial charge on any atom is -0.376 e. The summed E-state index contributed by atoms with van der Waals surface area (Å²) >= 11 is 0. The second-order valence-corrected chi connectivity index (χ2v) is 5.70. The number of amides is 1. The van der Waals surface area contributed by atoms with Crippen molar-refractivity contribution >= 4 is 11.6 Å². The fourth-order valence-electron chi connectivity index (χ4n) is 2.43. The van der Waals surface area contributed by atoms with Crippen LogP contribution in [0.3, 0.4) is 0 Å². The van der Waals surface area contributed by atoms with E-state index in [1.807, 2.05) is 0 Å². The number of ether oxygens (including phenoxy) is 2. The molecule has 2 aromatic heterocycles. The molecule has 0 bridgehead atoms. The van der Waals surface area contributed by atoms with Crippen LogP contribution < -0.4 is 5.32 Å². The number of nitrogens with zero attached hydrogens (tertiary/aromatic N) is 4. The number of aromatic nitrogens is 4. The van der Waals surface area contributed by atoms with Crippen molar-refractivity contribution in [1.82, 2.24) is 19.7 Å². The van der Waals surface area contributed by atoms with E-state index in [0.717, 1.165) is 25.9 Å². The summed E-state index contributed by atoms with van der Waals surface area (Å²) in [5.41, 5.74) is 0.605. The lowest BCUT2D eigenvalue weighted by Crippen LogP contribution is -2.32. The smallest absolute Gasteiger partial charge is 0.253 e. The van der Waals surface area contributed by atoms with E-state index >= 15 is 0 Å². The highest BCUT2D eigenvalue weighted by molar-refractivity contribution is 5.93. The molecule has 0 unspecified atom stereocenters. The maximum absolute atomic E-state index is 12.2. The number of nitrogens with one attached hydrogen (secondary N) is 1. The zero-order valence-corrected chi connectivity index (χ0v) is 13.6. The monoisotopic (exact) mass is 331 g/mol. The first-order chi connectivity index (χ1) is 11.7. The van der Waals surface area contributed by atoms with Gasteiger partial charge in [-0.1, -0.05) is 0 Å². The standard InChI is InChI=1S/C16H21N5O3/c1-12(24-9-14-4-2-3-7-23-14)16(22)20-13-5-6-15(18-8-13)21-11-17-10-19-21/h5-6,8,10-12,14H,2-4,7,9H2,1H3,(H,20,22)/t12-,14+/m0/s1. The predicted octanol–water partition coefficient (Wildman–Crippen LogP) is 1.57. The molecule has 0 aromatic carbocycles. The second kappa shape index (κ2) is 7.98. The van der Waals surface area contributed by atoms with Crippen molar-refractivity contribution in [1.29, 1.82) is 0 Å². The summed E-state index contributed by atoms with van der Waals surface area (Å²) in [7, 11) is 0. The quantitative estimate of drug-likeness (QED) is 0.864. The molecule has 0 radical (unpaired) electrons. The summed E-state index contributed by atoms with van der Waals surface area (Å²) in [4.78, 5) is 20.3. The summed E-state index contributed by atoms with van der Waals surface area (Å²) < 4.78 is 12.8. The number of hydrogen-bond acceptors (Lipinski definition) is 6. The Morgan fingerprint density at radius 2 is 2.42 bits per heavy atom. The highest BCUT2D eigenvalue weighted by Crippen LogP contribution is 2.14. The Kier molecular flexibility index (Phi) is 5.50. The summed E-state index contributed by atoms with van der Waals surface area (Å²) in [6.45, 7) is 2.95. The molecule has 3 rings (SSSR count). The summed E-state index contributed by atoms with van der Waals surface area (Å²) in [5, 5.41) is 6.79. The van der Waals surface area contributed by atoms with E-state index in [0.29, 0.717) is 18.1 Å². The lowest BCUT2D eigenvalue weighted by Gasteiger charge is -2.23. The first kappa shape index (κ1) is 16.5. The van der Waals surface area contributed by atoms with Crippen LogP contribution >= 0.6 is 0 Å². The minimum atomic E-state index is -0.550. The maximum atomic E-state index is 12.2. The van der Waals surface area contributed by atoms with E-state index in [1.54, 1.807) is 36.3 Å². The van der Waals surface area contributed by atoms with Gasteiger partial charge in [-0.25, -0.2) is 14.6 Å². The highest BCUT2D eigenvalue weighted by Gasteiger charge is 2.19. The molecule has 2 aromatic rings. The van der Waals surface area contributed by atoms with E-state index < -0.39 is 6.10 Å². The van der Waals surface area contributed by atoms with Crippen LogP contribution in [-0.2, 0) is 14.3 Å². The highest BCUT2D eigenvalue weighted by atomic mass is 16.5. The number of rotatable bonds is 6. The van der Waals surface area contributed by atoms with Crippen molar-refractivity contribution in [2.24, 2.45) is 0 Å². The Labute approximate surface area is 140 Å². The van der Waals surface area contributed by atoms with Crippen LogP contribution in [0.4, 0.5) is 5.69 Å². The van der Waals surface area contributed by atoms with Crippen molar-refractivity contribution < 1.29 is 14.3 Å². The Balaban J connectivity index is 1.48. The van der Waals surface area contributed by atoms with Gasteiger partial charge in [-0.05, 0) is 38.3 Å². The average molecular weight is 331 g/mol. The normalized spacial score (nSPS) is 19.0. The zero-order chi connectivity index (χ0) is 16.8. The molecule has 1 N–H and O–H groups in total. The SMILES string of the molecule is C[C@H](OC[C@H]1CCCCO1)C(=O)Nc1ccc(-n2cncn2)nc1. The van der Waals surface area contributed by atoms with Gasteiger partial charge in [-0.15, -0.1) is 0 Å². The van der Waals surface area contributed by atoms with Crippen LogP contribution in [-0.4, -0.2) is 51.1 Å². The molecule has 8 heteroatoms. The van der Waals surface area contributed by atoms with Crippen LogP contribution in [0.2, 0.25) is 0 Å². The van der Waals surface area contributed by atoms with Gasteiger partial charge in [0.05, 0.1) is 24.6 Å². The molecule has 3 heterocycles. The van der Waals surface area contributed by atoms with Crippen molar-refractivity contribution in [2.75, 3.05) is 18.5 Å². The van der Waals surface area contributed by atoms with E-state index in [-0.39, 0.29) is 12.0 Å². The first-order valence-corrected chi connectivity index (χ1v) is 8.07. The minimum absolute atomic E-state index is 0.0950. The van der Waals surface area contributed by atoms with Gasteiger partial charge in [-0.3, -0.25) is 4.79 Å². The predicted molar refractivity (Wildman–Crippen MR) is 86.8 cm³/mol. The molecule has 0 saturated carbocycles. The first-order valence-electron chi connectivity index (χ1n) is 8.07. The number of anilines is 1. The second-order valence-electron chi connectivity index (χ2n) is 5.70. The van der Waals surface area contributed by atoms with Crippen LogP contribution in [0.15, 0.2) is 31.0 Å². The van der Waals surface area contributed by atoms with E-state index in [1.165, 1.54) is 6.33 Å². The number of carbonyl (C=O) groups is 1. The summed E-state index contributed by atoms with van der Waals surface area (Å²) in [6.07, 6.45) is 7.36. The Morgan fingerprint density at radius 3 is 3.08 bits per heavy atom. The van der Waals surface area contributed by atoms with Crippen LogP contribution in [0.1, 0.15) is 26.2 Å². The van der Waals surface area contributed by atoms with Crippen LogP contribution in [0.5, 0.6) is 0 Å². The van der Waals surface area contributed by atoms with Gasteiger partial charge in [0.25, 0.3) is 5.91 Å². The molecule has 24 heavy (non-hydrogen) atoms. The molecule has 1 saturated heterocycles. The fraction of sp³-hybridized carbons (Fsp3) is 0.500. The third-order valence-electron chi connectivity index (χ3n) is 3.84. The van der Waals surface area contributed by atoms with Gasteiger partial charge in [0.2, 0.25) is 0 Å². The lowest BCUT2D eigenvalue weighted by atomic mass is 10.1. The summed E-state index contributed by atoms with van der Waals surface area (Å²) in [6, 6.07) is 3.52. The molecule has 2 atom stereocenters. The molecular formula is C16H21N5O3. The van der Waals surface area contributed by atoms with Gasteiger partial charge < -0.3 is 14.8 Å². The molecule has 1 amide bonds. The summed E-state index contributed by atoms with van der Waals surface area (Å²) in [5.74, 6) is 0.422. The van der Waals surface area contributed by atoms with Crippen molar-refractivity contribution in [3.8, 4) is 5.82 Å². The van der Waals surface area contributed by atoms with Crippen LogP contribution in [0.25, 0.3) is 5.82 Å². The Hall–Kier alpha value is -2.32. The van der Waals surface area contributed by atoms with Crippen molar-refractivity contribution in [2.45, 2.75) is 38.4 Å². The topological polar surface area (TPSA) is 91.2 Å². The molecule has 1 aliphatic rings. The van der Waals surface area contributed by atoms with Crippen molar-refractivity contribution in [3.05, 3.63) is 31.0 Å². The van der Waals surface area contributed by atoms with Gasteiger partial charge in [0.1, 0.15) is 18.8 Å². The van der Waals surface area contributed by atoms with Gasteiger partial charge in [0, 0.05) is 6.61 Å². The molecule has 0 spiro atoms. The number of pyridine rings is 1. The molecular weight excluding hydrogens is 310 g/mol. The van der Waals surface area contributed by atoms with E-state index in [4.69, 9.17) is 9.47 Å². The molecule has 0 aliphatic carbocycles. The van der Waals surface area contributed by atoms with E-state index in [9.17, 15) is 4.79 Å². The Morgan fingerprint density at radius 1 is 1.50 bits per heavy atom. The number of hydrogen-bond donors (Lipinski definition) is 1.